The van der Waals surface area contributed by atoms with Gasteiger partial charge < -0.3 is 15.8 Å². The summed E-state index contributed by atoms with van der Waals surface area (Å²) in [7, 11) is 0. The molecule has 0 saturated carbocycles. The Morgan fingerprint density at radius 1 is 1.53 bits per heavy atom. The van der Waals surface area contributed by atoms with Gasteiger partial charge in [0.05, 0.1) is 12.6 Å². The van der Waals surface area contributed by atoms with Gasteiger partial charge in [-0.25, -0.2) is 0 Å². The summed E-state index contributed by atoms with van der Waals surface area (Å²) in [4.78, 5) is 14.4. The maximum absolute atomic E-state index is 12.0. The van der Waals surface area contributed by atoms with Gasteiger partial charge in [0.15, 0.2) is 0 Å². The second kappa shape index (κ2) is 7.85. The monoisotopic (exact) mass is 304 g/mol. The molecule has 2 rings (SSSR count). The molecular weight excluding hydrogens is 284 g/mol. The van der Waals surface area contributed by atoms with Crippen LogP contribution in [0.5, 0.6) is 0 Å². The lowest BCUT2D eigenvalue weighted by Gasteiger charge is -2.26. The number of ether oxygens (including phenoxy) is 1. The van der Waals surface area contributed by atoms with Crippen LogP contribution in [-0.4, -0.2) is 25.2 Å². The van der Waals surface area contributed by atoms with Crippen molar-refractivity contribution in [2.75, 3.05) is 13.2 Å². The van der Waals surface area contributed by atoms with Crippen molar-refractivity contribution in [2.45, 2.75) is 32.4 Å². The number of carbonyl (C=O) groups is 1. The maximum Gasteiger partial charge on any atom is 0.237 e. The molecule has 0 aromatic carbocycles. The summed E-state index contributed by atoms with van der Waals surface area (Å²) in [6, 6.07) is 3.69. The third-order valence-electron chi connectivity index (χ3n) is 3.31. The normalized spacial score (nSPS) is 17.6. The molecule has 0 bridgehead atoms. The van der Waals surface area contributed by atoms with Gasteiger partial charge in [-0.05, 0) is 37.8 Å². The minimum Gasteiger partial charge on any atom is -0.381 e. The maximum atomic E-state index is 12.0. The average Bonchev–Trinajstić information content (AvgIpc) is 2.82. The fraction of sp³-hybridized carbons (Fsp3) is 0.615. The fourth-order valence-electron chi connectivity index (χ4n) is 2.16. The second-order valence-electron chi connectivity index (χ2n) is 4.71. The molecule has 1 unspecified atom stereocenters. The molecule has 4 nitrogen and oxygen atoms in total. The third-order valence-corrected chi connectivity index (χ3v) is 4.31. The Bertz CT molecular complexity index is 405. The van der Waals surface area contributed by atoms with E-state index >= 15 is 0 Å². The topological polar surface area (TPSA) is 64.4 Å². The smallest absolute Gasteiger partial charge is 0.237 e. The van der Waals surface area contributed by atoms with Gasteiger partial charge in [0.2, 0.25) is 5.91 Å². The molecule has 1 saturated heterocycles. The van der Waals surface area contributed by atoms with Gasteiger partial charge in [0, 0.05) is 23.0 Å². The second-order valence-corrected chi connectivity index (χ2v) is 6.08. The predicted octanol–water partition coefficient (Wildman–Crippen LogP) is 1.85. The summed E-state index contributed by atoms with van der Waals surface area (Å²) in [6.07, 6.45) is 1.76. The predicted molar refractivity (Wildman–Crippen MR) is 79.7 cm³/mol. The zero-order valence-electron chi connectivity index (χ0n) is 11.1. The number of nitrogens with two attached hydrogens (primary N) is 1. The van der Waals surface area contributed by atoms with Gasteiger partial charge in [-0.15, -0.1) is 23.7 Å². The van der Waals surface area contributed by atoms with E-state index in [0.717, 1.165) is 26.1 Å². The van der Waals surface area contributed by atoms with Crippen LogP contribution in [-0.2, 0) is 16.1 Å². The highest BCUT2D eigenvalue weighted by molar-refractivity contribution is 7.11. The number of hydrogen-bond acceptors (Lipinski definition) is 4. The van der Waals surface area contributed by atoms with E-state index in [-0.39, 0.29) is 24.2 Å². The number of halogens is 1. The molecule has 6 heteroatoms. The number of thiophene rings is 1. The average molecular weight is 305 g/mol. The molecule has 0 radical (unpaired) electrons. The molecule has 1 atom stereocenters. The molecule has 0 aliphatic carbocycles. The van der Waals surface area contributed by atoms with E-state index in [4.69, 9.17) is 10.5 Å². The van der Waals surface area contributed by atoms with Crippen LogP contribution >= 0.6 is 23.7 Å². The van der Waals surface area contributed by atoms with Crippen molar-refractivity contribution in [1.82, 2.24) is 5.32 Å². The lowest BCUT2D eigenvalue weighted by Crippen LogP contribution is -2.46. The van der Waals surface area contributed by atoms with Crippen LogP contribution in [0.15, 0.2) is 12.1 Å². The molecule has 2 heterocycles. The van der Waals surface area contributed by atoms with Crippen molar-refractivity contribution < 1.29 is 9.53 Å². The summed E-state index contributed by atoms with van der Waals surface area (Å²) < 4.78 is 5.28. The minimum absolute atomic E-state index is 0. The standard InChI is InChI=1S/C13H20N2O2S.ClH/c1-9-2-3-11(18-9)8-15-13(16)12(14)10-4-6-17-7-5-10;/h2-3,10,12H,4-8,14H2,1H3,(H,15,16);1H. The number of amides is 1. The van der Waals surface area contributed by atoms with Gasteiger partial charge in [0.1, 0.15) is 0 Å². The molecular formula is C13H21ClN2O2S. The molecule has 1 aromatic rings. The largest absolute Gasteiger partial charge is 0.381 e. The molecule has 0 spiro atoms. The van der Waals surface area contributed by atoms with E-state index in [1.165, 1.54) is 9.75 Å². The summed E-state index contributed by atoms with van der Waals surface area (Å²) in [5, 5.41) is 2.92. The number of aryl methyl sites for hydroxylation is 1. The van der Waals surface area contributed by atoms with Crippen molar-refractivity contribution in [2.24, 2.45) is 11.7 Å². The molecule has 1 fully saturated rings. The van der Waals surface area contributed by atoms with Crippen molar-refractivity contribution in [3.8, 4) is 0 Å². The highest BCUT2D eigenvalue weighted by Crippen LogP contribution is 2.18. The Hall–Kier alpha value is -0.620. The lowest BCUT2D eigenvalue weighted by molar-refractivity contribution is -0.124. The lowest BCUT2D eigenvalue weighted by atomic mass is 9.92. The SMILES string of the molecule is Cc1ccc(CNC(=O)C(N)C2CCOCC2)s1.Cl. The van der Waals surface area contributed by atoms with Gasteiger partial charge in [-0.3, -0.25) is 4.79 Å². The van der Waals surface area contributed by atoms with Crippen LogP contribution in [0.4, 0.5) is 0 Å². The Balaban J connectivity index is 0.00000180. The van der Waals surface area contributed by atoms with E-state index in [1.54, 1.807) is 11.3 Å². The van der Waals surface area contributed by atoms with E-state index in [1.807, 2.05) is 6.07 Å². The van der Waals surface area contributed by atoms with Crippen LogP contribution in [0, 0.1) is 12.8 Å². The van der Waals surface area contributed by atoms with Gasteiger partial charge in [-0.2, -0.15) is 0 Å². The molecule has 108 valence electrons. The molecule has 1 aromatic heterocycles. The van der Waals surface area contributed by atoms with Crippen LogP contribution in [0.1, 0.15) is 22.6 Å². The number of carbonyl (C=O) groups excluding carboxylic acids is 1. The summed E-state index contributed by atoms with van der Waals surface area (Å²) in [5.41, 5.74) is 6.00. The number of rotatable bonds is 4. The van der Waals surface area contributed by atoms with Gasteiger partial charge in [0.25, 0.3) is 0 Å². The Labute approximate surface area is 124 Å². The molecule has 1 aliphatic heterocycles. The Morgan fingerprint density at radius 3 is 2.79 bits per heavy atom. The minimum atomic E-state index is -0.407. The first-order chi connectivity index (χ1) is 8.66. The first-order valence-electron chi connectivity index (χ1n) is 6.33. The van der Waals surface area contributed by atoms with E-state index in [9.17, 15) is 4.79 Å². The fourth-order valence-corrected chi connectivity index (χ4v) is 2.99. The van der Waals surface area contributed by atoms with Crippen molar-refractivity contribution in [3.05, 3.63) is 21.9 Å². The van der Waals surface area contributed by atoms with E-state index in [0.29, 0.717) is 6.54 Å². The summed E-state index contributed by atoms with van der Waals surface area (Å²) in [6.45, 7) is 4.07. The Kier molecular flexibility index (Phi) is 6.79. The van der Waals surface area contributed by atoms with Crippen LogP contribution in [0.2, 0.25) is 0 Å². The zero-order chi connectivity index (χ0) is 13.0. The summed E-state index contributed by atoms with van der Waals surface area (Å²) in [5.74, 6) is 0.205. The highest BCUT2D eigenvalue weighted by atomic mass is 35.5. The number of hydrogen-bond donors (Lipinski definition) is 2. The van der Waals surface area contributed by atoms with Gasteiger partial charge in [-0.1, -0.05) is 0 Å². The highest BCUT2D eigenvalue weighted by Gasteiger charge is 2.26. The molecule has 3 N–H and O–H groups in total. The third kappa shape index (κ3) is 4.76. The van der Waals surface area contributed by atoms with Crippen molar-refractivity contribution in [3.63, 3.8) is 0 Å². The molecule has 1 amide bonds. The van der Waals surface area contributed by atoms with Crippen molar-refractivity contribution >= 4 is 29.7 Å². The zero-order valence-corrected chi connectivity index (χ0v) is 12.7. The quantitative estimate of drug-likeness (QED) is 0.892. The Morgan fingerprint density at radius 2 is 2.21 bits per heavy atom. The van der Waals surface area contributed by atoms with E-state index < -0.39 is 6.04 Å². The van der Waals surface area contributed by atoms with Crippen molar-refractivity contribution in [1.29, 1.82) is 0 Å². The first kappa shape index (κ1) is 16.4. The first-order valence-corrected chi connectivity index (χ1v) is 7.15. The number of nitrogens with one attached hydrogen (secondary N) is 1. The molecule has 1 aliphatic rings. The summed E-state index contributed by atoms with van der Waals surface area (Å²) >= 11 is 1.70. The van der Waals surface area contributed by atoms with Crippen LogP contribution in [0.3, 0.4) is 0 Å². The molecule has 19 heavy (non-hydrogen) atoms. The van der Waals surface area contributed by atoms with Crippen LogP contribution < -0.4 is 11.1 Å². The van der Waals surface area contributed by atoms with Crippen LogP contribution in [0.25, 0.3) is 0 Å². The van der Waals surface area contributed by atoms with Gasteiger partial charge >= 0.3 is 0 Å². The van der Waals surface area contributed by atoms with E-state index in [2.05, 4.69) is 18.3 Å².